The fourth-order valence-corrected chi connectivity index (χ4v) is 6.90. The third kappa shape index (κ3) is 3.27. The average Bonchev–Trinajstić information content (AvgIpc) is 3.30. The molecule has 0 amide bonds. The molecule has 2 N–H and O–H groups in total. The number of nitrogens with two attached hydrogens (primary N) is 1. The molecule has 3 heterocycles. The number of hydrogen-bond donors (Lipinski definition) is 1. The van der Waals surface area contributed by atoms with E-state index in [9.17, 15) is 9.59 Å². The molecule has 0 aliphatic carbocycles. The number of aromatic nitrogens is 1. The monoisotopic (exact) mass is 494 g/mol. The maximum Gasteiger partial charge on any atom is 0.261 e. The molecular weight excluding hydrogens is 472 g/mol. The first-order valence-electron chi connectivity index (χ1n) is 11.7. The molecule has 3 aromatic carbocycles. The molecule has 35 heavy (non-hydrogen) atoms. The number of hydrogen-bond acceptors (Lipinski definition) is 5. The second-order valence-electron chi connectivity index (χ2n) is 8.71. The van der Waals surface area contributed by atoms with Crippen molar-refractivity contribution in [3.05, 3.63) is 85.7 Å². The Morgan fingerprint density at radius 1 is 0.829 bits per heavy atom. The lowest BCUT2D eigenvalue weighted by molar-refractivity contribution is 0.451. The minimum atomic E-state index is -0.229. The molecule has 0 spiro atoms. The van der Waals surface area contributed by atoms with Gasteiger partial charge in [0.15, 0.2) is 0 Å². The number of benzene rings is 3. The van der Waals surface area contributed by atoms with Crippen molar-refractivity contribution in [2.24, 2.45) is 0 Å². The van der Waals surface area contributed by atoms with Gasteiger partial charge in [-0.2, -0.15) is 0 Å². The Morgan fingerprint density at radius 2 is 1.57 bits per heavy atom. The second kappa shape index (κ2) is 8.23. The molecule has 4 nitrogen and oxygen atoms in total. The molecule has 0 bridgehead atoms. The fourth-order valence-electron chi connectivity index (χ4n) is 5.08. The van der Waals surface area contributed by atoms with Crippen LogP contribution >= 0.6 is 22.7 Å². The van der Waals surface area contributed by atoms with Crippen LogP contribution in [-0.2, 0) is 0 Å². The predicted octanol–water partition coefficient (Wildman–Crippen LogP) is 6.73. The Bertz CT molecular complexity index is 1950. The van der Waals surface area contributed by atoms with Crippen molar-refractivity contribution < 1.29 is 0 Å². The van der Waals surface area contributed by atoms with Gasteiger partial charge in [0.05, 0.1) is 20.0 Å². The van der Waals surface area contributed by atoms with Gasteiger partial charge < -0.3 is 5.73 Å². The standard InChI is InChI=1S/C29H22N2O2S2/c1-3-17(4-2)31-28(32)21-13-12-20-19-7-5-6-8-23(19)35-27-16(9-10-18-11-14-24(30)34-18)15-22(29(31)33)25(21)26(20)27/h5-8,11-15,17H,3-4,30H2,1-2H3. The molecule has 0 saturated heterocycles. The summed E-state index contributed by atoms with van der Waals surface area (Å²) in [6.07, 6.45) is 1.44. The molecule has 0 fully saturated rings. The first-order valence-corrected chi connectivity index (χ1v) is 13.3. The zero-order valence-corrected chi connectivity index (χ0v) is 21.0. The maximum absolute atomic E-state index is 13.8. The number of pyridine rings is 1. The van der Waals surface area contributed by atoms with E-state index in [0.29, 0.717) is 15.8 Å². The lowest BCUT2D eigenvalue weighted by atomic mass is 9.95. The summed E-state index contributed by atoms with van der Waals surface area (Å²) in [7, 11) is 0. The molecule has 3 aromatic heterocycles. The zero-order valence-electron chi connectivity index (χ0n) is 19.3. The van der Waals surface area contributed by atoms with Crippen LogP contribution in [-0.4, -0.2) is 4.57 Å². The number of thiophene rings is 1. The van der Waals surface area contributed by atoms with Crippen LogP contribution in [0.2, 0.25) is 0 Å². The summed E-state index contributed by atoms with van der Waals surface area (Å²) < 4.78 is 3.59. The molecule has 0 atom stereocenters. The quantitative estimate of drug-likeness (QED) is 0.169. The Labute approximate surface area is 209 Å². The molecule has 6 rings (SSSR count). The zero-order chi connectivity index (χ0) is 24.3. The van der Waals surface area contributed by atoms with Crippen LogP contribution < -0.4 is 16.9 Å². The van der Waals surface area contributed by atoms with E-state index in [-0.39, 0.29) is 17.2 Å². The summed E-state index contributed by atoms with van der Waals surface area (Å²) in [6, 6.07) is 17.7. The number of nitrogens with zero attached hydrogens (tertiary/aromatic N) is 1. The maximum atomic E-state index is 13.8. The first-order chi connectivity index (χ1) is 17.0. The smallest absolute Gasteiger partial charge is 0.261 e. The summed E-state index contributed by atoms with van der Waals surface area (Å²) in [4.78, 5) is 28.3. The van der Waals surface area contributed by atoms with Gasteiger partial charge in [-0.1, -0.05) is 50.0 Å². The Balaban J connectivity index is 1.83. The molecular formula is C29H22N2O2S2. The summed E-state index contributed by atoms with van der Waals surface area (Å²) in [5.74, 6) is 6.56. The molecule has 0 radical (unpaired) electrons. The lowest BCUT2D eigenvalue weighted by Crippen LogP contribution is -2.36. The van der Waals surface area contributed by atoms with Crippen molar-refractivity contribution in [3.8, 4) is 11.8 Å². The van der Waals surface area contributed by atoms with Crippen LogP contribution in [0.1, 0.15) is 43.2 Å². The minimum Gasteiger partial charge on any atom is -0.391 e. The normalized spacial score (nSPS) is 11.7. The van der Waals surface area contributed by atoms with Crippen LogP contribution in [0.15, 0.2) is 64.2 Å². The van der Waals surface area contributed by atoms with Gasteiger partial charge in [-0.05, 0) is 53.9 Å². The van der Waals surface area contributed by atoms with Gasteiger partial charge in [-0.15, -0.1) is 22.7 Å². The lowest BCUT2D eigenvalue weighted by Gasteiger charge is -2.19. The third-order valence-corrected chi connectivity index (χ3v) is 8.81. The number of nitrogen functional groups attached to an aromatic ring is 1. The van der Waals surface area contributed by atoms with Crippen molar-refractivity contribution in [3.63, 3.8) is 0 Å². The van der Waals surface area contributed by atoms with Crippen LogP contribution in [0.5, 0.6) is 0 Å². The van der Waals surface area contributed by atoms with E-state index in [1.807, 2.05) is 56.3 Å². The van der Waals surface area contributed by atoms with Crippen molar-refractivity contribution >= 4 is 69.4 Å². The molecule has 0 unspecified atom stereocenters. The highest BCUT2D eigenvalue weighted by atomic mass is 32.1. The molecule has 0 aliphatic heterocycles. The van der Waals surface area contributed by atoms with Gasteiger partial charge >= 0.3 is 0 Å². The van der Waals surface area contributed by atoms with E-state index in [2.05, 4.69) is 24.0 Å². The van der Waals surface area contributed by atoms with E-state index in [1.165, 1.54) is 15.9 Å². The molecule has 0 saturated carbocycles. The second-order valence-corrected chi connectivity index (χ2v) is 10.9. The van der Waals surface area contributed by atoms with Crippen molar-refractivity contribution in [1.29, 1.82) is 0 Å². The highest BCUT2D eigenvalue weighted by Crippen LogP contribution is 2.41. The molecule has 0 aliphatic rings. The van der Waals surface area contributed by atoms with E-state index in [1.54, 1.807) is 11.3 Å². The fraction of sp³-hybridized carbons (Fsp3) is 0.172. The van der Waals surface area contributed by atoms with Crippen molar-refractivity contribution in [2.75, 3.05) is 5.73 Å². The third-order valence-electron chi connectivity index (χ3n) is 6.78. The summed E-state index contributed by atoms with van der Waals surface area (Å²) in [5.41, 5.74) is 6.26. The van der Waals surface area contributed by atoms with Gasteiger partial charge in [0.2, 0.25) is 0 Å². The number of fused-ring (bicyclic) bond motifs is 2. The largest absolute Gasteiger partial charge is 0.391 e. The van der Waals surface area contributed by atoms with Crippen LogP contribution in [0.4, 0.5) is 5.00 Å². The topological polar surface area (TPSA) is 65.1 Å². The highest BCUT2D eigenvalue weighted by Gasteiger charge is 2.22. The van der Waals surface area contributed by atoms with E-state index < -0.39 is 0 Å². The SMILES string of the molecule is CCC(CC)n1c(=O)c2ccc3c4ccccc4sc4c(C#Cc5ccc(N)s5)cc(c1=O)c2c43. The molecule has 172 valence electrons. The molecule has 6 aromatic rings. The predicted molar refractivity (Wildman–Crippen MR) is 150 cm³/mol. The Hall–Kier alpha value is -3.66. The first kappa shape index (κ1) is 21.8. The van der Waals surface area contributed by atoms with Gasteiger partial charge in [-0.25, -0.2) is 0 Å². The number of rotatable bonds is 3. The van der Waals surface area contributed by atoms with Gasteiger partial charge in [0.25, 0.3) is 11.1 Å². The summed E-state index contributed by atoms with van der Waals surface area (Å²) >= 11 is 3.09. The molecule has 6 heteroatoms. The van der Waals surface area contributed by atoms with Crippen LogP contribution in [0.25, 0.3) is 41.7 Å². The summed E-state index contributed by atoms with van der Waals surface area (Å²) in [6.45, 7) is 4.03. The van der Waals surface area contributed by atoms with Crippen molar-refractivity contribution in [1.82, 2.24) is 4.57 Å². The minimum absolute atomic E-state index is 0.135. The van der Waals surface area contributed by atoms with Gasteiger partial charge in [-0.3, -0.25) is 14.2 Å². The number of anilines is 1. The Kier molecular flexibility index (Phi) is 5.14. The van der Waals surface area contributed by atoms with Crippen LogP contribution in [0.3, 0.4) is 0 Å². The van der Waals surface area contributed by atoms with Gasteiger partial charge in [0.1, 0.15) is 0 Å². The van der Waals surface area contributed by atoms with Gasteiger partial charge in [0, 0.05) is 32.5 Å². The average molecular weight is 495 g/mol. The summed E-state index contributed by atoms with van der Waals surface area (Å²) in [5, 5.41) is 5.72. The Morgan fingerprint density at radius 3 is 2.31 bits per heavy atom. The van der Waals surface area contributed by atoms with Crippen LogP contribution in [0, 0.1) is 11.8 Å². The van der Waals surface area contributed by atoms with E-state index in [4.69, 9.17) is 5.73 Å². The highest BCUT2D eigenvalue weighted by molar-refractivity contribution is 7.25. The van der Waals surface area contributed by atoms with E-state index >= 15 is 0 Å². The van der Waals surface area contributed by atoms with E-state index in [0.717, 1.165) is 54.2 Å². The van der Waals surface area contributed by atoms with Crippen molar-refractivity contribution in [2.45, 2.75) is 32.7 Å².